The number of carboxylic acids is 1. The van der Waals surface area contributed by atoms with Crippen LogP contribution in [-0.4, -0.2) is 22.4 Å². The van der Waals surface area contributed by atoms with Gasteiger partial charge in [-0.1, -0.05) is 94.9 Å². The lowest BCUT2D eigenvalue weighted by Crippen LogP contribution is -2.46. The van der Waals surface area contributed by atoms with Crippen molar-refractivity contribution >= 4 is 69.9 Å². The number of allylic oxidation sites excluding steroid dienone is 2. The summed E-state index contributed by atoms with van der Waals surface area (Å²) in [6, 6.07) is 13.1. The van der Waals surface area contributed by atoms with Gasteiger partial charge in [-0.25, -0.2) is 0 Å². The molecule has 4 nitrogen and oxygen atoms in total. The molecule has 0 heterocycles. The largest absolute Gasteiger partial charge is 0.480 e. The maximum Gasteiger partial charge on any atom is 0.326 e. The Morgan fingerprint density at radius 1 is 0.969 bits per heavy atom. The van der Waals surface area contributed by atoms with E-state index in [1.807, 2.05) is 13.8 Å². The summed E-state index contributed by atoms with van der Waals surface area (Å²) in [6.45, 7) is 3.76. The minimum atomic E-state index is -1.90. The van der Waals surface area contributed by atoms with Gasteiger partial charge in [-0.2, -0.15) is 0 Å². The second kappa shape index (κ2) is 9.66. The first kappa shape index (κ1) is 24.9. The van der Waals surface area contributed by atoms with E-state index in [0.717, 1.165) is 11.1 Å². The van der Waals surface area contributed by atoms with Crippen molar-refractivity contribution in [1.29, 1.82) is 0 Å². The van der Waals surface area contributed by atoms with Gasteiger partial charge in [0.2, 0.25) is 0 Å². The van der Waals surface area contributed by atoms with E-state index in [1.54, 1.807) is 36.4 Å². The smallest absolute Gasteiger partial charge is 0.326 e. The number of carbonyl (C=O) groups excluding carboxylic acids is 1. The standard InChI is InChI=1S/C23H17Cl5O4/c1-11-8-9-14(10-12(11)2)23(19(27)17(25)16(24)18(26)20(23)28)32-22(31)15(21(29)30)13-6-4-3-5-7-13/h3-10,15,19H,1-2H3,(H,29,30). The van der Waals surface area contributed by atoms with Crippen molar-refractivity contribution in [3.8, 4) is 0 Å². The maximum absolute atomic E-state index is 13.3. The zero-order chi connectivity index (χ0) is 23.8. The summed E-state index contributed by atoms with van der Waals surface area (Å²) in [6.07, 6.45) is 0. The molecule has 0 saturated carbocycles. The van der Waals surface area contributed by atoms with E-state index in [9.17, 15) is 14.7 Å². The van der Waals surface area contributed by atoms with Crippen LogP contribution in [-0.2, 0) is 19.9 Å². The van der Waals surface area contributed by atoms with Crippen LogP contribution in [0.2, 0.25) is 0 Å². The summed E-state index contributed by atoms with van der Waals surface area (Å²) in [4.78, 5) is 25.3. The molecular formula is C23H17Cl5O4. The second-order valence-electron chi connectivity index (χ2n) is 7.29. The molecular weight excluding hydrogens is 518 g/mol. The van der Waals surface area contributed by atoms with Crippen molar-refractivity contribution in [2.24, 2.45) is 0 Å². The lowest BCUT2D eigenvalue weighted by atomic mass is 9.84. The molecule has 168 valence electrons. The number of hydrogen-bond acceptors (Lipinski definition) is 3. The molecule has 9 heteroatoms. The minimum absolute atomic E-state index is 0.0771. The van der Waals surface area contributed by atoms with Crippen molar-refractivity contribution in [3.05, 3.63) is 90.9 Å². The average molecular weight is 535 g/mol. The molecule has 3 unspecified atom stereocenters. The topological polar surface area (TPSA) is 63.6 Å². The molecule has 0 saturated heterocycles. The van der Waals surface area contributed by atoms with Crippen molar-refractivity contribution in [1.82, 2.24) is 0 Å². The van der Waals surface area contributed by atoms with Crippen LogP contribution >= 0.6 is 58.0 Å². The molecule has 3 rings (SSSR count). The molecule has 1 N–H and O–H groups in total. The van der Waals surface area contributed by atoms with Gasteiger partial charge in [0.25, 0.3) is 0 Å². The highest BCUT2D eigenvalue weighted by Gasteiger charge is 2.54. The van der Waals surface area contributed by atoms with E-state index in [4.69, 9.17) is 62.7 Å². The summed E-state index contributed by atoms with van der Waals surface area (Å²) in [5, 5.41) is 8.03. The molecule has 0 radical (unpaired) electrons. The van der Waals surface area contributed by atoms with Crippen LogP contribution < -0.4 is 0 Å². The van der Waals surface area contributed by atoms with Gasteiger partial charge in [-0.3, -0.25) is 9.59 Å². The summed E-state index contributed by atoms with van der Waals surface area (Å²) in [7, 11) is 0. The number of carbonyl (C=O) groups is 2. The van der Waals surface area contributed by atoms with E-state index >= 15 is 0 Å². The number of aliphatic carboxylic acids is 1. The van der Waals surface area contributed by atoms with E-state index in [2.05, 4.69) is 0 Å². The monoisotopic (exact) mass is 532 g/mol. The molecule has 0 spiro atoms. The minimum Gasteiger partial charge on any atom is -0.480 e. The fourth-order valence-corrected chi connectivity index (χ4v) is 5.05. The predicted molar refractivity (Wildman–Crippen MR) is 128 cm³/mol. The number of halogens is 5. The van der Waals surface area contributed by atoms with Crippen molar-refractivity contribution in [2.75, 3.05) is 0 Å². The number of carboxylic acid groups (broad SMARTS) is 1. The van der Waals surface area contributed by atoms with Gasteiger partial charge in [-0.05, 0) is 30.5 Å². The van der Waals surface area contributed by atoms with Crippen molar-refractivity contribution < 1.29 is 19.4 Å². The highest BCUT2D eigenvalue weighted by Crippen LogP contribution is 2.54. The van der Waals surface area contributed by atoms with Crippen molar-refractivity contribution in [2.45, 2.75) is 30.7 Å². The first-order chi connectivity index (χ1) is 15.0. The molecule has 0 bridgehead atoms. The third-order valence-corrected chi connectivity index (χ3v) is 7.89. The zero-order valence-corrected chi connectivity index (χ0v) is 20.6. The average Bonchev–Trinajstić information content (AvgIpc) is 2.76. The van der Waals surface area contributed by atoms with Gasteiger partial charge in [0.05, 0.1) is 20.1 Å². The maximum atomic E-state index is 13.3. The van der Waals surface area contributed by atoms with Gasteiger partial charge in [0.1, 0.15) is 5.38 Å². The number of rotatable bonds is 5. The number of benzene rings is 2. The fraction of sp³-hybridized carbons (Fsp3) is 0.217. The Kier molecular flexibility index (Phi) is 7.53. The Morgan fingerprint density at radius 2 is 1.59 bits per heavy atom. The fourth-order valence-electron chi connectivity index (χ4n) is 3.41. The van der Waals surface area contributed by atoms with Gasteiger partial charge in [0.15, 0.2) is 11.5 Å². The predicted octanol–water partition coefficient (Wildman–Crippen LogP) is 6.91. The van der Waals surface area contributed by atoms with Crippen LogP contribution in [0.25, 0.3) is 0 Å². The van der Waals surface area contributed by atoms with Gasteiger partial charge in [-0.15, -0.1) is 11.6 Å². The van der Waals surface area contributed by atoms with Crippen LogP contribution in [0, 0.1) is 13.8 Å². The number of aryl methyl sites for hydroxylation is 2. The van der Waals surface area contributed by atoms with Crippen LogP contribution in [0.1, 0.15) is 28.2 Å². The third kappa shape index (κ3) is 4.27. The van der Waals surface area contributed by atoms with E-state index < -0.39 is 28.8 Å². The number of hydrogen-bond donors (Lipinski definition) is 1. The Bertz CT molecular complexity index is 1140. The first-order valence-electron chi connectivity index (χ1n) is 9.36. The van der Waals surface area contributed by atoms with E-state index in [1.165, 1.54) is 12.1 Å². The van der Waals surface area contributed by atoms with Crippen molar-refractivity contribution in [3.63, 3.8) is 0 Å². The molecule has 0 fully saturated rings. The van der Waals surface area contributed by atoms with Crippen LogP contribution in [0.15, 0.2) is 68.7 Å². The molecule has 0 aromatic heterocycles. The molecule has 0 aliphatic heterocycles. The van der Waals surface area contributed by atoms with E-state index in [-0.39, 0.29) is 25.7 Å². The molecule has 1 aliphatic rings. The SMILES string of the molecule is Cc1ccc(C2(OC(=O)C(C(=O)O)c3ccccc3)C(Cl)=C(Cl)C(Cl)=C(Cl)C2Cl)cc1C. The lowest BCUT2D eigenvalue weighted by Gasteiger charge is -2.41. The summed E-state index contributed by atoms with van der Waals surface area (Å²) >= 11 is 32.1. The van der Waals surface area contributed by atoms with Crippen LogP contribution in [0.3, 0.4) is 0 Å². The number of alkyl halides is 1. The molecule has 2 aromatic rings. The Hall–Kier alpha value is -1.69. The molecule has 32 heavy (non-hydrogen) atoms. The summed E-state index contributed by atoms with van der Waals surface area (Å²) < 4.78 is 5.85. The summed E-state index contributed by atoms with van der Waals surface area (Å²) in [5.41, 5.74) is 0.533. The van der Waals surface area contributed by atoms with Crippen LogP contribution in [0.5, 0.6) is 0 Å². The van der Waals surface area contributed by atoms with Gasteiger partial charge in [0, 0.05) is 5.56 Å². The quantitative estimate of drug-likeness (QED) is 0.257. The third-order valence-electron chi connectivity index (χ3n) is 5.31. The number of ether oxygens (including phenoxy) is 1. The van der Waals surface area contributed by atoms with E-state index in [0.29, 0.717) is 5.56 Å². The highest BCUT2D eigenvalue weighted by atomic mass is 35.5. The summed E-state index contributed by atoms with van der Waals surface area (Å²) in [5.74, 6) is -4.12. The van der Waals surface area contributed by atoms with Gasteiger partial charge < -0.3 is 9.84 Å². The molecule has 3 atom stereocenters. The first-order valence-corrected chi connectivity index (χ1v) is 11.3. The molecule has 0 amide bonds. The number of esters is 1. The Labute approximate surface area is 210 Å². The zero-order valence-electron chi connectivity index (χ0n) is 16.8. The highest BCUT2D eigenvalue weighted by molar-refractivity contribution is 6.53. The second-order valence-corrected chi connectivity index (χ2v) is 9.27. The Balaban J connectivity index is 2.21. The normalized spacial score (nSPS) is 22.0. The molecule has 2 aromatic carbocycles. The van der Waals surface area contributed by atoms with Gasteiger partial charge >= 0.3 is 11.9 Å². The Morgan fingerprint density at radius 3 is 2.16 bits per heavy atom. The van der Waals surface area contributed by atoms with Crippen LogP contribution in [0.4, 0.5) is 0 Å². The molecule has 1 aliphatic carbocycles. The lowest BCUT2D eigenvalue weighted by molar-refractivity contribution is -0.163.